The van der Waals surface area contributed by atoms with Crippen molar-refractivity contribution in [2.45, 2.75) is 48.7 Å². The molecule has 2 aromatic rings. The standard InChI is InChI=1S/C8H15N2O.C7H7F6N2O5S2/c1-8(2,11)6-10-5-4-9(3)7-10;8-6(9,10)21(17,18)5-14(3-4-16)1-2-15(5)22(19,20)7(11,12)13/h4-5,7,11H,6H2,1-3H3;1-2,16H,3-4H2/q2*+1. The van der Waals surface area contributed by atoms with Gasteiger partial charge in [0.25, 0.3) is 0 Å². The molecule has 0 bridgehead atoms. The van der Waals surface area contributed by atoms with E-state index in [-0.39, 0.29) is 10.8 Å². The zero-order valence-corrected chi connectivity index (χ0v) is 19.0. The average Bonchev–Trinajstić information content (AvgIpc) is 3.19. The summed E-state index contributed by atoms with van der Waals surface area (Å²) < 4.78 is 123. The van der Waals surface area contributed by atoms with Crippen LogP contribution < -0.4 is 9.13 Å². The van der Waals surface area contributed by atoms with Crippen molar-refractivity contribution >= 4 is 19.9 Å². The van der Waals surface area contributed by atoms with Crippen molar-refractivity contribution in [3.05, 3.63) is 31.1 Å². The lowest BCUT2D eigenvalue weighted by Crippen LogP contribution is -2.45. The minimum atomic E-state index is -6.42. The van der Waals surface area contributed by atoms with Crippen LogP contribution >= 0.6 is 0 Å². The van der Waals surface area contributed by atoms with Crippen LogP contribution in [0.5, 0.6) is 0 Å². The fourth-order valence-corrected chi connectivity index (χ4v) is 4.69. The molecule has 10 nitrogen and oxygen atoms in total. The van der Waals surface area contributed by atoms with Gasteiger partial charge in [-0.15, -0.1) is 3.97 Å². The van der Waals surface area contributed by atoms with Crippen molar-refractivity contribution in [2.24, 2.45) is 7.05 Å². The highest BCUT2D eigenvalue weighted by molar-refractivity contribution is 7.94. The predicted octanol–water partition coefficient (Wildman–Crippen LogP) is -0.157. The van der Waals surface area contributed by atoms with Crippen LogP contribution in [0.1, 0.15) is 13.8 Å². The summed E-state index contributed by atoms with van der Waals surface area (Å²) in [6.07, 6.45) is 6.19. The Morgan fingerprint density at radius 1 is 0.970 bits per heavy atom. The molecule has 0 aliphatic rings. The fourth-order valence-electron chi connectivity index (χ4n) is 2.39. The van der Waals surface area contributed by atoms with E-state index in [1.54, 1.807) is 13.8 Å². The van der Waals surface area contributed by atoms with E-state index in [1.165, 1.54) is 0 Å². The summed E-state index contributed by atoms with van der Waals surface area (Å²) in [5, 5.41) is 15.9. The minimum absolute atomic E-state index is 0.00287. The third-order valence-corrected chi connectivity index (χ3v) is 6.68. The summed E-state index contributed by atoms with van der Waals surface area (Å²) in [5.74, 6) is 0. The maximum Gasteiger partial charge on any atom is 0.537 e. The van der Waals surface area contributed by atoms with Gasteiger partial charge in [-0.25, -0.2) is 22.1 Å². The molecule has 0 saturated heterocycles. The van der Waals surface area contributed by atoms with Crippen LogP contribution in [0.2, 0.25) is 0 Å². The monoisotopic (exact) mass is 532 g/mol. The number of halogens is 6. The number of hydrogen-bond donors (Lipinski definition) is 2. The first-order chi connectivity index (χ1) is 14.6. The number of nitrogens with zero attached hydrogens (tertiary/aromatic N) is 4. The number of imidazole rings is 2. The lowest BCUT2D eigenvalue weighted by atomic mass is 10.1. The highest BCUT2D eigenvalue weighted by atomic mass is 32.2. The van der Waals surface area contributed by atoms with Crippen LogP contribution in [0.4, 0.5) is 26.3 Å². The molecule has 0 aliphatic heterocycles. The second-order valence-electron chi connectivity index (χ2n) is 7.26. The van der Waals surface area contributed by atoms with Gasteiger partial charge < -0.3 is 10.2 Å². The molecular formula is C15H22F6N4O6S2+2. The summed E-state index contributed by atoms with van der Waals surface area (Å²) in [7, 11) is -10.9. The maximum absolute atomic E-state index is 12.5. The normalized spacial score (nSPS) is 13.5. The van der Waals surface area contributed by atoms with Crippen LogP contribution in [0, 0.1) is 0 Å². The summed E-state index contributed by atoms with van der Waals surface area (Å²) in [6.45, 7) is 2.42. The van der Waals surface area contributed by atoms with Crippen LogP contribution in [0.25, 0.3) is 0 Å². The van der Waals surface area contributed by atoms with Gasteiger partial charge in [0.1, 0.15) is 37.9 Å². The summed E-state index contributed by atoms with van der Waals surface area (Å²) >= 11 is 0. The fraction of sp³-hybridized carbons (Fsp3) is 0.600. The first kappa shape index (κ1) is 28.9. The number of aromatic nitrogens is 4. The van der Waals surface area contributed by atoms with Crippen LogP contribution in [0.3, 0.4) is 0 Å². The number of hydrogen-bond acceptors (Lipinski definition) is 6. The number of rotatable bonds is 6. The maximum atomic E-state index is 12.5. The van der Waals surface area contributed by atoms with Gasteiger partial charge in [-0.1, -0.05) is 0 Å². The smallest absolute Gasteiger partial charge is 0.392 e. The van der Waals surface area contributed by atoms with Crippen molar-refractivity contribution in [3.63, 3.8) is 0 Å². The zero-order chi connectivity index (χ0) is 26.0. The van der Waals surface area contributed by atoms with Gasteiger partial charge in [0.05, 0.1) is 19.3 Å². The number of sulfone groups is 1. The Kier molecular flexibility index (Phi) is 8.38. The Morgan fingerprint density at radius 2 is 1.52 bits per heavy atom. The van der Waals surface area contributed by atoms with E-state index in [0.29, 0.717) is 12.7 Å². The van der Waals surface area contributed by atoms with Gasteiger partial charge in [0.2, 0.25) is 6.33 Å². The molecule has 0 aromatic carbocycles. The molecule has 190 valence electrons. The summed E-state index contributed by atoms with van der Waals surface area (Å²) in [4.78, 5) is 0. The van der Waals surface area contributed by atoms with Crippen LogP contribution in [0.15, 0.2) is 36.3 Å². The van der Waals surface area contributed by atoms with Gasteiger partial charge in [-0.2, -0.15) is 34.8 Å². The lowest BCUT2D eigenvalue weighted by Gasteiger charge is -2.13. The van der Waals surface area contributed by atoms with Crippen LogP contribution in [-0.2, 0) is 40.0 Å². The van der Waals surface area contributed by atoms with E-state index in [9.17, 15) is 48.3 Å². The van der Waals surface area contributed by atoms with Crippen molar-refractivity contribution in [1.82, 2.24) is 8.54 Å². The van der Waals surface area contributed by atoms with Gasteiger partial charge in [-0.05, 0) is 13.8 Å². The Morgan fingerprint density at radius 3 is 1.88 bits per heavy atom. The van der Waals surface area contributed by atoms with E-state index < -0.39 is 58.8 Å². The molecule has 0 fully saturated rings. The molecule has 0 unspecified atom stereocenters. The molecule has 0 aliphatic carbocycles. The average molecular weight is 532 g/mol. The van der Waals surface area contributed by atoms with E-state index in [2.05, 4.69) is 0 Å². The quantitative estimate of drug-likeness (QED) is 0.394. The first-order valence-corrected chi connectivity index (χ1v) is 11.7. The van der Waals surface area contributed by atoms with E-state index in [0.717, 1.165) is 0 Å². The first-order valence-electron chi connectivity index (χ1n) is 8.73. The molecular weight excluding hydrogens is 510 g/mol. The summed E-state index contributed by atoms with van der Waals surface area (Å²) in [5.41, 5.74) is -12.7. The van der Waals surface area contributed by atoms with E-state index >= 15 is 0 Å². The topological polar surface area (TPSA) is 126 Å². The van der Waals surface area contributed by atoms with Crippen molar-refractivity contribution < 1.29 is 62.5 Å². The molecule has 0 radical (unpaired) electrons. The molecule has 0 saturated carbocycles. The zero-order valence-electron chi connectivity index (χ0n) is 17.4. The van der Waals surface area contributed by atoms with Gasteiger partial charge in [0.15, 0.2) is 0 Å². The molecule has 0 atom stereocenters. The molecule has 2 aromatic heterocycles. The number of aliphatic hydroxyl groups excluding tert-OH is 1. The predicted molar refractivity (Wildman–Crippen MR) is 97.2 cm³/mol. The van der Waals surface area contributed by atoms with Gasteiger partial charge in [-0.3, -0.25) is 0 Å². The molecule has 2 heterocycles. The van der Waals surface area contributed by atoms with E-state index in [1.807, 2.05) is 34.9 Å². The molecule has 0 amide bonds. The highest BCUT2D eigenvalue weighted by Crippen LogP contribution is 2.32. The van der Waals surface area contributed by atoms with Crippen molar-refractivity contribution in [2.75, 3.05) is 6.61 Å². The molecule has 2 rings (SSSR count). The third-order valence-electron chi connectivity index (χ3n) is 3.65. The van der Waals surface area contributed by atoms with Crippen molar-refractivity contribution in [1.29, 1.82) is 0 Å². The molecule has 33 heavy (non-hydrogen) atoms. The number of aryl methyl sites for hydroxylation is 1. The van der Waals surface area contributed by atoms with Gasteiger partial charge in [0, 0.05) is 0 Å². The Bertz CT molecular complexity index is 1160. The number of alkyl halides is 6. The largest absolute Gasteiger partial charge is 0.537 e. The lowest BCUT2D eigenvalue weighted by molar-refractivity contribution is -0.734. The number of aliphatic hydroxyl groups is 2. The van der Waals surface area contributed by atoms with Crippen molar-refractivity contribution in [3.8, 4) is 0 Å². The minimum Gasteiger partial charge on any atom is -0.392 e. The Balaban J connectivity index is 0.000000412. The molecule has 2 N–H and O–H groups in total. The molecule has 0 spiro atoms. The SMILES string of the molecule is C[n+]1ccn(CC(C)(C)O)c1.O=S(=O)(c1n(S(=O)(=O)C(F)(F)F)cc[n+]1CCO)C(F)(F)F. The van der Waals surface area contributed by atoms with Crippen LogP contribution in [-0.4, -0.2) is 58.8 Å². The Hall–Kier alpha value is -2.18. The highest BCUT2D eigenvalue weighted by Gasteiger charge is 2.60. The summed E-state index contributed by atoms with van der Waals surface area (Å²) in [6, 6.07) is 0. The second kappa shape index (κ2) is 9.59. The molecule has 18 heteroatoms. The Labute approximate surface area is 184 Å². The van der Waals surface area contributed by atoms with E-state index in [4.69, 9.17) is 5.11 Å². The third kappa shape index (κ3) is 6.90. The second-order valence-corrected chi connectivity index (χ2v) is 10.9. The van der Waals surface area contributed by atoms with Gasteiger partial charge >= 0.3 is 36.0 Å².